The van der Waals surface area contributed by atoms with Crippen molar-refractivity contribution in [1.82, 2.24) is 0 Å². The first-order chi connectivity index (χ1) is 18.6. The highest BCUT2D eigenvalue weighted by molar-refractivity contribution is 5.90. The summed E-state index contributed by atoms with van der Waals surface area (Å²) in [6.45, 7) is 5.56. The molecule has 6 heteroatoms. The Morgan fingerprint density at radius 3 is 1.42 bits per heavy atom. The van der Waals surface area contributed by atoms with Crippen LogP contribution in [0.15, 0.2) is 70.6 Å². The van der Waals surface area contributed by atoms with Gasteiger partial charge in [-0.3, -0.25) is 9.98 Å². The molecule has 0 atom stereocenters. The predicted octanol–water partition coefficient (Wildman–Crippen LogP) is 8.52. The Morgan fingerprint density at radius 2 is 1.03 bits per heavy atom. The van der Waals surface area contributed by atoms with Crippen LogP contribution in [0.4, 0.5) is 11.4 Å². The van der Waals surface area contributed by atoms with E-state index in [1.807, 2.05) is 24.3 Å². The van der Waals surface area contributed by atoms with Gasteiger partial charge in [0.25, 0.3) is 0 Å². The zero-order valence-electron chi connectivity index (χ0n) is 22.6. The van der Waals surface area contributed by atoms with Gasteiger partial charge < -0.3 is 19.7 Å². The molecule has 0 fully saturated rings. The topological polar surface area (TPSA) is 83.6 Å². The fourth-order valence-corrected chi connectivity index (χ4v) is 3.86. The highest BCUT2D eigenvalue weighted by atomic mass is 16.5. The SMILES string of the molecule is CCCCCCOc1cc(N=Cc2ccccc2O)c(N=Cc2ccccc2O)cc1OCCCCCC. The number of rotatable bonds is 16. The monoisotopic (exact) mass is 516 g/mol. The van der Waals surface area contributed by atoms with E-state index in [0.717, 1.165) is 25.7 Å². The molecule has 0 radical (unpaired) electrons. The third-order valence-corrected chi connectivity index (χ3v) is 6.11. The Labute approximate surface area is 226 Å². The number of nitrogens with zero attached hydrogens (tertiary/aromatic N) is 2. The molecule has 0 unspecified atom stereocenters. The van der Waals surface area contributed by atoms with E-state index in [4.69, 9.17) is 9.47 Å². The lowest BCUT2D eigenvalue weighted by molar-refractivity contribution is 0.259. The molecule has 6 nitrogen and oxygen atoms in total. The van der Waals surface area contributed by atoms with E-state index in [0.29, 0.717) is 47.2 Å². The van der Waals surface area contributed by atoms with Crippen molar-refractivity contribution in [2.75, 3.05) is 13.2 Å². The Kier molecular flexibility index (Phi) is 12.2. The first-order valence-corrected chi connectivity index (χ1v) is 13.7. The normalized spacial score (nSPS) is 11.4. The summed E-state index contributed by atoms with van der Waals surface area (Å²) in [5, 5.41) is 20.4. The highest BCUT2D eigenvalue weighted by Gasteiger charge is 2.13. The maximum Gasteiger partial charge on any atom is 0.163 e. The summed E-state index contributed by atoms with van der Waals surface area (Å²) in [5.74, 6) is 1.55. The van der Waals surface area contributed by atoms with Crippen molar-refractivity contribution in [2.24, 2.45) is 9.98 Å². The van der Waals surface area contributed by atoms with E-state index < -0.39 is 0 Å². The summed E-state index contributed by atoms with van der Waals surface area (Å²) < 4.78 is 12.4. The van der Waals surface area contributed by atoms with Crippen LogP contribution in [-0.4, -0.2) is 35.9 Å². The molecule has 0 saturated heterocycles. The van der Waals surface area contributed by atoms with Crippen molar-refractivity contribution in [3.8, 4) is 23.0 Å². The van der Waals surface area contributed by atoms with Crippen LogP contribution in [0, 0.1) is 0 Å². The Bertz CT molecular complexity index is 1100. The van der Waals surface area contributed by atoms with Crippen LogP contribution in [0.3, 0.4) is 0 Å². The van der Waals surface area contributed by atoms with Crippen molar-refractivity contribution >= 4 is 23.8 Å². The van der Waals surface area contributed by atoms with E-state index in [-0.39, 0.29) is 11.5 Å². The second-order valence-electron chi connectivity index (χ2n) is 9.24. The number of para-hydroxylation sites is 2. The number of aromatic hydroxyl groups is 2. The van der Waals surface area contributed by atoms with Crippen LogP contribution in [0.1, 0.15) is 76.3 Å². The number of phenolic OH excluding ortho intramolecular Hbond substituents is 2. The summed E-state index contributed by atoms with van der Waals surface area (Å²) in [7, 11) is 0. The van der Waals surface area contributed by atoms with E-state index in [1.54, 1.807) is 48.8 Å². The molecule has 0 aliphatic carbocycles. The average Bonchev–Trinajstić information content (AvgIpc) is 2.93. The zero-order chi connectivity index (χ0) is 27.0. The molecule has 0 amide bonds. The molecule has 0 saturated carbocycles. The maximum atomic E-state index is 10.2. The standard InChI is InChI=1S/C32H40N2O4/c1-3-5-7-13-19-37-31-21-27(33-23-25-15-9-11-17-29(25)35)28(22-32(31)38-20-14-8-6-4-2)34-24-26-16-10-12-18-30(26)36/h9-12,15-18,21-24,35-36H,3-8,13-14,19-20H2,1-2H3. The molecular weight excluding hydrogens is 476 g/mol. The molecule has 0 aliphatic rings. The number of aliphatic imine (C=N–C) groups is 2. The van der Waals surface area contributed by atoms with Gasteiger partial charge in [-0.05, 0) is 37.1 Å². The van der Waals surface area contributed by atoms with Crippen LogP contribution in [0.5, 0.6) is 23.0 Å². The van der Waals surface area contributed by atoms with Gasteiger partial charge in [-0.2, -0.15) is 0 Å². The van der Waals surface area contributed by atoms with Gasteiger partial charge in [-0.25, -0.2) is 0 Å². The third-order valence-electron chi connectivity index (χ3n) is 6.11. The van der Waals surface area contributed by atoms with E-state index >= 15 is 0 Å². The number of ether oxygens (including phenoxy) is 2. The second kappa shape index (κ2) is 16.1. The molecule has 0 aliphatic heterocycles. The van der Waals surface area contributed by atoms with Gasteiger partial charge in [0, 0.05) is 35.7 Å². The molecule has 3 aromatic rings. The number of phenols is 2. The number of benzene rings is 3. The minimum Gasteiger partial charge on any atom is -0.507 e. The first kappa shape index (κ1) is 28.8. The smallest absolute Gasteiger partial charge is 0.163 e. The highest BCUT2D eigenvalue weighted by Crippen LogP contribution is 2.40. The van der Waals surface area contributed by atoms with Crippen LogP contribution >= 0.6 is 0 Å². The minimum atomic E-state index is 0.148. The van der Waals surface area contributed by atoms with E-state index in [1.165, 1.54) is 25.7 Å². The van der Waals surface area contributed by atoms with Gasteiger partial charge in [0.1, 0.15) is 11.5 Å². The Balaban J connectivity index is 1.95. The zero-order valence-corrected chi connectivity index (χ0v) is 22.6. The van der Waals surface area contributed by atoms with Crippen molar-refractivity contribution in [1.29, 1.82) is 0 Å². The number of hydrogen-bond donors (Lipinski definition) is 2. The molecule has 3 aromatic carbocycles. The van der Waals surface area contributed by atoms with Crippen molar-refractivity contribution in [3.63, 3.8) is 0 Å². The molecule has 2 N–H and O–H groups in total. The van der Waals surface area contributed by atoms with Gasteiger partial charge in [-0.15, -0.1) is 0 Å². The van der Waals surface area contributed by atoms with E-state index in [9.17, 15) is 10.2 Å². The summed E-state index contributed by atoms with van der Waals surface area (Å²) >= 11 is 0. The van der Waals surface area contributed by atoms with Crippen LogP contribution in [0.2, 0.25) is 0 Å². The fraction of sp³-hybridized carbons (Fsp3) is 0.375. The second-order valence-corrected chi connectivity index (χ2v) is 9.24. The first-order valence-electron chi connectivity index (χ1n) is 13.7. The van der Waals surface area contributed by atoms with Gasteiger partial charge in [0.15, 0.2) is 11.5 Å². The van der Waals surface area contributed by atoms with Gasteiger partial charge >= 0.3 is 0 Å². The lowest BCUT2D eigenvalue weighted by Gasteiger charge is -2.15. The summed E-state index contributed by atoms with van der Waals surface area (Å²) in [6, 6.07) is 17.8. The van der Waals surface area contributed by atoms with Gasteiger partial charge in [-0.1, -0.05) is 76.6 Å². The molecule has 202 valence electrons. The molecule has 0 spiro atoms. The summed E-state index contributed by atoms with van der Waals surface area (Å²) in [4.78, 5) is 9.31. The predicted molar refractivity (Wildman–Crippen MR) is 156 cm³/mol. The van der Waals surface area contributed by atoms with Crippen LogP contribution < -0.4 is 9.47 Å². The average molecular weight is 517 g/mol. The molecule has 38 heavy (non-hydrogen) atoms. The van der Waals surface area contributed by atoms with Gasteiger partial charge in [0.05, 0.1) is 24.6 Å². The van der Waals surface area contributed by atoms with Crippen molar-refractivity contribution in [3.05, 3.63) is 71.8 Å². The quantitative estimate of drug-likeness (QED) is 0.148. The molecule has 3 rings (SSSR count). The van der Waals surface area contributed by atoms with Crippen molar-refractivity contribution < 1.29 is 19.7 Å². The maximum absolute atomic E-state index is 10.2. The molecular formula is C32H40N2O4. The Morgan fingerprint density at radius 1 is 0.605 bits per heavy atom. The largest absolute Gasteiger partial charge is 0.507 e. The number of hydrogen-bond acceptors (Lipinski definition) is 6. The fourth-order valence-electron chi connectivity index (χ4n) is 3.86. The third kappa shape index (κ3) is 9.25. The summed E-state index contributed by atoms with van der Waals surface area (Å²) in [6.07, 6.45) is 12.1. The number of unbranched alkanes of at least 4 members (excludes halogenated alkanes) is 6. The Hall–Kier alpha value is -3.80. The van der Waals surface area contributed by atoms with E-state index in [2.05, 4.69) is 23.8 Å². The van der Waals surface area contributed by atoms with Crippen molar-refractivity contribution in [2.45, 2.75) is 65.2 Å². The van der Waals surface area contributed by atoms with Gasteiger partial charge in [0.2, 0.25) is 0 Å². The van der Waals surface area contributed by atoms with Crippen LogP contribution in [-0.2, 0) is 0 Å². The molecule has 0 heterocycles. The minimum absolute atomic E-state index is 0.148. The van der Waals surface area contributed by atoms with Crippen LogP contribution in [0.25, 0.3) is 0 Å². The molecule has 0 bridgehead atoms. The lowest BCUT2D eigenvalue weighted by atomic mass is 10.2. The molecule has 0 aromatic heterocycles. The summed E-state index contributed by atoms with van der Waals surface area (Å²) in [5.41, 5.74) is 2.34. The lowest BCUT2D eigenvalue weighted by Crippen LogP contribution is -2.03.